The van der Waals surface area contributed by atoms with Gasteiger partial charge in [0.1, 0.15) is 5.75 Å². The van der Waals surface area contributed by atoms with Crippen molar-refractivity contribution >= 4 is 21.4 Å². The van der Waals surface area contributed by atoms with Gasteiger partial charge in [0.05, 0.1) is 11.8 Å². The summed E-state index contributed by atoms with van der Waals surface area (Å²) < 4.78 is 6.65. The van der Waals surface area contributed by atoms with Gasteiger partial charge in [-0.05, 0) is 56.1 Å². The van der Waals surface area contributed by atoms with Crippen molar-refractivity contribution in [2.45, 2.75) is 32.7 Å². The van der Waals surface area contributed by atoms with E-state index in [0.717, 1.165) is 18.7 Å². The van der Waals surface area contributed by atoms with Crippen LogP contribution in [0.1, 0.15) is 26.3 Å². The van der Waals surface area contributed by atoms with Crippen molar-refractivity contribution in [2.75, 3.05) is 13.7 Å². The van der Waals surface area contributed by atoms with Crippen molar-refractivity contribution < 1.29 is 4.74 Å². The molecule has 98 valence electrons. The summed E-state index contributed by atoms with van der Waals surface area (Å²) in [5, 5.41) is 7.10. The predicted molar refractivity (Wildman–Crippen MR) is 79.8 cm³/mol. The highest BCUT2D eigenvalue weighted by Crippen LogP contribution is 2.33. The van der Waals surface area contributed by atoms with Gasteiger partial charge in [-0.1, -0.05) is 12.1 Å². The lowest BCUT2D eigenvalue weighted by molar-refractivity contribution is 0.420. The van der Waals surface area contributed by atoms with Gasteiger partial charge in [0.2, 0.25) is 0 Å². The van der Waals surface area contributed by atoms with Crippen LogP contribution in [-0.2, 0) is 6.42 Å². The van der Waals surface area contributed by atoms with E-state index in [1.165, 1.54) is 15.6 Å². The molecule has 0 bridgehead atoms. The molecule has 0 aliphatic heterocycles. The third-order valence-corrected chi connectivity index (χ3v) is 3.97. The van der Waals surface area contributed by atoms with Crippen LogP contribution in [0.5, 0.6) is 5.75 Å². The van der Waals surface area contributed by atoms with Crippen molar-refractivity contribution in [3.05, 3.63) is 29.1 Å². The zero-order chi connectivity index (χ0) is 13.2. The van der Waals surface area contributed by atoms with E-state index >= 15 is 0 Å². The van der Waals surface area contributed by atoms with Gasteiger partial charge in [-0.3, -0.25) is 0 Å². The number of thiophene rings is 1. The number of fused-ring (bicyclic) bond motifs is 1. The summed E-state index contributed by atoms with van der Waals surface area (Å²) in [5.41, 5.74) is 1.59. The number of hydrogen-bond acceptors (Lipinski definition) is 3. The Kier molecular flexibility index (Phi) is 3.93. The first kappa shape index (κ1) is 13.4. The molecule has 1 aromatic heterocycles. The average molecular weight is 263 g/mol. The van der Waals surface area contributed by atoms with E-state index in [4.69, 9.17) is 4.74 Å². The SMILES string of the molecule is COc1cccc2c(CCNC(C)(C)C)csc12. The summed E-state index contributed by atoms with van der Waals surface area (Å²) in [6.45, 7) is 7.60. The number of ether oxygens (including phenoxy) is 1. The quantitative estimate of drug-likeness (QED) is 0.905. The molecule has 1 heterocycles. The molecule has 1 aromatic carbocycles. The molecule has 1 N–H and O–H groups in total. The van der Waals surface area contributed by atoms with E-state index in [1.807, 2.05) is 6.07 Å². The van der Waals surface area contributed by atoms with E-state index in [-0.39, 0.29) is 5.54 Å². The van der Waals surface area contributed by atoms with Gasteiger partial charge in [-0.2, -0.15) is 0 Å². The van der Waals surface area contributed by atoms with Crippen LogP contribution in [0.4, 0.5) is 0 Å². The minimum atomic E-state index is 0.184. The lowest BCUT2D eigenvalue weighted by Gasteiger charge is -2.20. The Bertz CT molecular complexity index is 525. The largest absolute Gasteiger partial charge is 0.495 e. The van der Waals surface area contributed by atoms with E-state index in [1.54, 1.807) is 18.4 Å². The van der Waals surface area contributed by atoms with Crippen molar-refractivity contribution in [3.63, 3.8) is 0 Å². The van der Waals surface area contributed by atoms with Crippen LogP contribution in [-0.4, -0.2) is 19.2 Å². The van der Waals surface area contributed by atoms with Gasteiger partial charge in [0.15, 0.2) is 0 Å². The summed E-state index contributed by atoms with van der Waals surface area (Å²) in [7, 11) is 1.73. The van der Waals surface area contributed by atoms with E-state index in [2.05, 4.69) is 43.6 Å². The fraction of sp³-hybridized carbons (Fsp3) is 0.467. The molecular formula is C15H21NOS. The second kappa shape index (κ2) is 5.29. The molecule has 2 rings (SSSR count). The number of rotatable bonds is 4. The topological polar surface area (TPSA) is 21.3 Å². The zero-order valence-corrected chi connectivity index (χ0v) is 12.4. The summed E-state index contributed by atoms with van der Waals surface area (Å²) in [6.07, 6.45) is 1.06. The first-order valence-electron chi connectivity index (χ1n) is 6.29. The highest BCUT2D eigenvalue weighted by atomic mass is 32.1. The Morgan fingerprint density at radius 2 is 2.06 bits per heavy atom. The van der Waals surface area contributed by atoms with Crippen LogP contribution in [0.2, 0.25) is 0 Å². The normalized spacial score (nSPS) is 12.0. The summed E-state index contributed by atoms with van der Waals surface area (Å²) in [6, 6.07) is 6.27. The summed E-state index contributed by atoms with van der Waals surface area (Å²) in [4.78, 5) is 0. The van der Waals surface area contributed by atoms with E-state index in [9.17, 15) is 0 Å². The van der Waals surface area contributed by atoms with Gasteiger partial charge < -0.3 is 10.1 Å². The zero-order valence-electron chi connectivity index (χ0n) is 11.5. The van der Waals surface area contributed by atoms with Crippen molar-refractivity contribution in [1.29, 1.82) is 0 Å². The van der Waals surface area contributed by atoms with Crippen LogP contribution in [0.25, 0.3) is 10.1 Å². The Labute approximate surface area is 113 Å². The van der Waals surface area contributed by atoms with Gasteiger partial charge in [0, 0.05) is 5.54 Å². The molecule has 0 spiro atoms. The molecular weight excluding hydrogens is 242 g/mol. The first-order valence-corrected chi connectivity index (χ1v) is 7.17. The Balaban J connectivity index is 2.15. The molecule has 0 saturated heterocycles. The predicted octanol–water partition coefficient (Wildman–Crippen LogP) is 3.84. The van der Waals surface area contributed by atoms with Gasteiger partial charge >= 0.3 is 0 Å². The van der Waals surface area contributed by atoms with E-state index < -0.39 is 0 Å². The molecule has 3 heteroatoms. The van der Waals surface area contributed by atoms with Crippen molar-refractivity contribution in [2.24, 2.45) is 0 Å². The molecule has 2 nitrogen and oxygen atoms in total. The summed E-state index contributed by atoms with van der Waals surface area (Å²) in [5.74, 6) is 0.979. The highest BCUT2D eigenvalue weighted by molar-refractivity contribution is 7.17. The minimum Gasteiger partial charge on any atom is -0.495 e. The van der Waals surface area contributed by atoms with Crippen LogP contribution < -0.4 is 10.1 Å². The number of nitrogens with one attached hydrogen (secondary N) is 1. The molecule has 0 amide bonds. The van der Waals surface area contributed by atoms with Crippen LogP contribution >= 0.6 is 11.3 Å². The Morgan fingerprint density at radius 1 is 1.28 bits per heavy atom. The highest BCUT2D eigenvalue weighted by Gasteiger charge is 2.10. The molecule has 0 radical (unpaired) electrons. The third kappa shape index (κ3) is 3.03. The summed E-state index contributed by atoms with van der Waals surface area (Å²) >= 11 is 1.77. The maximum absolute atomic E-state index is 5.39. The van der Waals surface area contributed by atoms with Gasteiger partial charge in [-0.25, -0.2) is 0 Å². The smallest absolute Gasteiger partial charge is 0.136 e. The lowest BCUT2D eigenvalue weighted by atomic mass is 10.1. The molecule has 0 aliphatic rings. The van der Waals surface area contributed by atoms with E-state index in [0.29, 0.717) is 0 Å². The standard InChI is InChI=1S/C15H21NOS/c1-15(2,3)16-9-8-11-10-18-14-12(11)6-5-7-13(14)17-4/h5-7,10,16H,8-9H2,1-4H3. The lowest BCUT2D eigenvalue weighted by Crippen LogP contribution is -2.37. The molecule has 0 aliphatic carbocycles. The average Bonchev–Trinajstić information content (AvgIpc) is 2.71. The van der Waals surface area contributed by atoms with Gasteiger partial charge in [0.25, 0.3) is 0 Å². The van der Waals surface area contributed by atoms with Crippen LogP contribution in [0, 0.1) is 0 Å². The van der Waals surface area contributed by atoms with Crippen molar-refractivity contribution in [1.82, 2.24) is 5.32 Å². The maximum Gasteiger partial charge on any atom is 0.136 e. The fourth-order valence-electron chi connectivity index (χ4n) is 2.01. The second-order valence-electron chi connectivity index (χ2n) is 5.52. The molecule has 2 aromatic rings. The molecule has 0 saturated carbocycles. The second-order valence-corrected chi connectivity index (χ2v) is 6.40. The molecule has 0 unspecified atom stereocenters. The first-order chi connectivity index (χ1) is 8.51. The minimum absolute atomic E-state index is 0.184. The number of benzene rings is 1. The molecule has 0 fully saturated rings. The Morgan fingerprint density at radius 3 is 2.72 bits per heavy atom. The number of hydrogen-bond donors (Lipinski definition) is 1. The molecule has 0 atom stereocenters. The number of methoxy groups -OCH3 is 1. The maximum atomic E-state index is 5.39. The van der Waals surface area contributed by atoms with Crippen LogP contribution in [0.3, 0.4) is 0 Å². The van der Waals surface area contributed by atoms with Crippen molar-refractivity contribution in [3.8, 4) is 5.75 Å². The van der Waals surface area contributed by atoms with Gasteiger partial charge in [-0.15, -0.1) is 11.3 Å². The third-order valence-electron chi connectivity index (χ3n) is 2.91. The molecule has 18 heavy (non-hydrogen) atoms. The van der Waals surface area contributed by atoms with Crippen LogP contribution in [0.15, 0.2) is 23.6 Å². The monoisotopic (exact) mass is 263 g/mol. The Hall–Kier alpha value is -1.06. The fourth-order valence-corrected chi connectivity index (χ4v) is 3.11.